The summed E-state index contributed by atoms with van der Waals surface area (Å²) < 4.78 is 43.0. The van der Waals surface area contributed by atoms with E-state index in [-0.39, 0.29) is 6.04 Å². The van der Waals surface area contributed by atoms with Gasteiger partial charge in [0.15, 0.2) is 0 Å². The van der Waals surface area contributed by atoms with E-state index in [0.717, 1.165) is 24.0 Å². The zero-order valence-electron chi connectivity index (χ0n) is 11.7. The largest absolute Gasteiger partial charge is 0.416 e. The van der Waals surface area contributed by atoms with Crippen molar-refractivity contribution < 1.29 is 17.9 Å². The minimum Gasteiger partial charge on any atom is -0.385 e. The van der Waals surface area contributed by atoms with Crippen LogP contribution in [0.3, 0.4) is 0 Å². The van der Waals surface area contributed by atoms with Crippen molar-refractivity contribution in [3.8, 4) is 0 Å². The van der Waals surface area contributed by atoms with Gasteiger partial charge in [-0.1, -0.05) is 12.1 Å². The fourth-order valence-corrected chi connectivity index (χ4v) is 2.87. The SMILES string of the molecule is CNC(CSCCCOC)c1cccc(C(F)(F)F)c1. The highest BCUT2D eigenvalue weighted by Crippen LogP contribution is 2.31. The summed E-state index contributed by atoms with van der Waals surface area (Å²) in [5.74, 6) is 1.67. The second-order valence-corrected chi connectivity index (χ2v) is 5.54. The van der Waals surface area contributed by atoms with E-state index in [9.17, 15) is 13.2 Å². The summed E-state index contributed by atoms with van der Waals surface area (Å²) in [7, 11) is 3.42. The number of alkyl halides is 3. The maximum Gasteiger partial charge on any atom is 0.416 e. The molecule has 2 nitrogen and oxygen atoms in total. The van der Waals surface area contributed by atoms with Gasteiger partial charge in [0.25, 0.3) is 0 Å². The minimum atomic E-state index is -4.29. The third kappa shape index (κ3) is 5.73. The number of halogens is 3. The Bertz CT molecular complexity index is 398. The Morgan fingerprint density at radius 2 is 2.10 bits per heavy atom. The molecular weight excluding hydrogens is 287 g/mol. The molecule has 0 heterocycles. The van der Waals surface area contributed by atoms with Crippen LogP contribution >= 0.6 is 11.8 Å². The van der Waals surface area contributed by atoms with Crippen molar-refractivity contribution in [2.24, 2.45) is 0 Å². The lowest BCUT2D eigenvalue weighted by molar-refractivity contribution is -0.137. The van der Waals surface area contributed by atoms with Gasteiger partial charge in [-0.15, -0.1) is 0 Å². The number of hydrogen-bond acceptors (Lipinski definition) is 3. The predicted molar refractivity (Wildman–Crippen MR) is 77.1 cm³/mol. The second-order valence-electron chi connectivity index (χ2n) is 4.39. The quantitative estimate of drug-likeness (QED) is 0.739. The molecule has 0 aliphatic heterocycles. The van der Waals surface area contributed by atoms with Crippen LogP contribution in [0.2, 0.25) is 0 Å². The molecule has 0 radical (unpaired) electrons. The van der Waals surface area contributed by atoms with Crippen LogP contribution in [0.5, 0.6) is 0 Å². The zero-order chi connectivity index (χ0) is 15.0. The molecular formula is C14H20F3NOS. The Kier molecular flexibility index (Phi) is 7.40. The van der Waals surface area contributed by atoms with E-state index < -0.39 is 11.7 Å². The van der Waals surface area contributed by atoms with Gasteiger partial charge in [-0.2, -0.15) is 24.9 Å². The van der Waals surface area contributed by atoms with E-state index in [1.807, 2.05) is 0 Å². The van der Waals surface area contributed by atoms with Crippen molar-refractivity contribution in [2.45, 2.75) is 18.6 Å². The molecule has 0 aliphatic carbocycles. The molecule has 1 aromatic carbocycles. The third-order valence-electron chi connectivity index (χ3n) is 2.89. The zero-order valence-corrected chi connectivity index (χ0v) is 12.5. The fraction of sp³-hybridized carbons (Fsp3) is 0.571. The van der Waals surface area contributed by atoms with E-state index in [1.165, 1.54) is 12.1 Å². The lowest BCUT2D eigenvalue weighted by atomic mass is 10.1. The molecule has 20 heavy (non-hydrogen) atoms. The maximum absolute atomic E-state index is 12.7. The molecule has 1 unspecified atom stereocenters. The number of hydrogen-bond donors (Lipinski definition) is 1. The Labute approximate surface area is 122 Å². The molecule has 0 fully saturated rings. The molecule has 0 spiro atoms. The van der Waals surface area contributed by atoms with E-state index in [1.54, 1.807) is 32.0 Å². The lowest BCUT2D eigenvalue weighted by Crippen LogP contribution is -2.19. The van der Waals surface area contributed by atoms with Crippen LogP contribution in [-0.4, -0.2) is 32.3 Å². The molecule has 0 amide bonds. The van der Waals surface area contributed by atoms with Crippen molar-refractivity contribution >= 4 is 11.8 Å². The van der Waals surface area contributed by atoms with Crippen molar-refractivity contribution in [1.82, 2.24) is 5.32 Å². The first-order chi connectivity index (χ1) is 9.49. The Balaban J connectivity index is 2.61. The smallest absolute Gasteiger partial charge is 0.385 e. The van der Waals surface area contributed by atoms with Crippen LogP contribution in [0.25, 0.3) is 0 Å². The summed E-state index contributed by atoms with van der Waals surface area (Å²) >= 11 is 1.71. The van der Waals surface area contributed by atoms with Crippen LogP contribution in [-0.2, 0) is 10.9 Å². The Hall–Kier alpha value is -0.720. The summed E-state index contributed by atoms with van der Waals surface area (Å²) in [5, 5.41) is 3.07. The highest BCUT2D eigenvalue weighted by molar-refractivity contribution is 7.99. The van der Waals surface area contributed by atoms with E-state index >= 15 is 0 Å². The summed E-state index contributed by atoms with van der Waals surface area (Å²) in [6, 6.07) is 5.42. The molecule has 0 saturated carbocycles. The number of ether oxygens (including phenoxy) is 1. The average Bonchev–Trinajstić information content (AvgIpc) is 2.42. The van der Waals surface area contributed by atoms with Gasteiger partial charge in [-0.25, -0.2) is 0 Å². The van der Waals surface area contributed by atoms with Crippen molar-refractivity contribution in [2.75, 3.05) is 32.3 Å². The number of rotatable bonds is 8. The summed E-state index contributed by atoms with van der Waals surface area (Å²) in [5.41, 5.74) is 0.0706. The summed E-state index contributed by atoms with van der Waals surface area (Å²) in [4.78, 5) is 0. The van der Waals surface area contributed by atoms with Crippen LogP contribution < -0.4 is 5.32 Å². The van der Waals surface area contributed by atoms with Gasteiger partial charge in [0, 0.05) is 25.5 Å². The van der Waals surface area contributed by atoms with Gasteiger partial charge in [0.1, 0.15) is 0 Å². The molecule has 0 aromatic heterocycles. The van der Waals surface area contributed by atoms with Gasteiger partial charge >= 0.3 is 6.18 Å². The highest BCUT2D eigenvalue weighted by Gasteiger charge is 2.30. The molecule has 1 aromatic rings. The van der Waals surface area contributed by atoms with Gasteiger partial charge in [0.2, 0.25) is 0 Å². The lowest BCUT2D eigenvalue weighted by Gasteiger charge is -2.18. The van der Waals surface area contributed by atoms with Crippen LogP contribution in [0, 0.1) is 0 Å². The van der Waals surface area contributed by atoms with Gasteiger partial charge in [-0.05, 0) is 36.9 Å². The Morgan fingerprint density at radius 1 is 1.35 bits per heavy atom. The van der Waals surface area contributed by atoms with E-state index in [2.05, 4.69) is 5.32 Å². The monoisotopic (exact) mass is 307 g/mol. The molecule has 1 N–H and O–H groups in total. The second kappa shape index (κ2) is 8.54. The molecule has 0 aliphatic rings. The van der Waals surface area contributed by atoms with Crippen molar-refractivity contribution in [3.63, 3.8) is 0 Å². The molecule has 6 heteroatoms. The first-order valence-electron chi connectivity index (χ1n) is 6.40. The third-order valence-corrected chi connectivity index (χ3v) is 4.03. The molecule has 0 saturated heterocycles. The molecule has 1 rings (SSSR count). The molecule has 0 bridgehead atoms. The molecule has 114 valence electrons. The minimum absolute atomic E-state index is 0.0788. The van der Waals surface area contributed by atoms with E-state index in [4.69, 9.17) is 4.74 Å². The van der Waals surface area contributed by atoms with Gasteiger partial charge in [0.05, 0.1) is 5.56 Å². The van der Waals surface area contributed by atoms with Crippen LogP contribution in [0.1, 0.15) is 23.6 Å². The van der Waals surface area contributed by atoms with Crippen LogP contribution in [0.15, 0.2) is 24.3 Å². The Morgan fingerprint density at radius 3 is 2.70 bits per heavy atom. The maximum atomic E-state index is 12.7. The number of methoxy groups -OCH3 is 1. The standard InChI is InChI=1S/C14H20F3NOS/c1-18-13(10-20-8-4-7-19-2)11-5-3-6-12(9-11)14(15,16)17/h3,5-6,9,13,18H,4,7-8,10H2,1-2H3. The average molecular weight is 307 g/mol. The first kappa shape index (κ1) is 17.3. The number of benzene rings is 1. The van der Waals surface area contributed by atoms with E-state index in [0.29, 0.717) is 12.2 Å². The molecule has 1 atom stereocenters. The normalized spacial score (nSPS) is 13.4. The number of nitrogens with one attached hydrogen (secondary N) is 1. The van der Waals surface area contributed by atoms with Gasteiger partial charge in [-0.3, -0.25) is 0 Å². The van der Waals surface area contributed by atoms with Crippen molar-refractivity contribution in [3.05, 3.63) is 35.4 Å². The first-order valence-corrected chi connectivity index (χ1v) is 7.55. The fourth-order valence-electron chi connectivity index (χ4n) is 1.78. The summed E-state index contributed by atoms with van der Waals surface area (Å²) in [6.45, 7) is 0.709. The van der Waals surface area contributed by atoms with Crippen molar-refractivity contribution in [1.29, 1.82) is 0 Å². The highest BCUT2D eigenvalue weighted by atomic mass is 32.2. The number of thioether (sulfide) groups is 1. The summed E-state index contributed by atoms with van der Waals surface area (Å²) in [6.07, 6.45) is -3.35. The van der Waals surface area contributed by atoms with Crippen LogP contribution in [0.4, 0.5) is 13.2 Å². The predicted octanol–water partition coefficient (Wildman–Crippen LogP) is 3.74. The topological polar surface area (TPSA) is 21.3 Å². The van der Waals surface area contributed by atoms with Gasteiger partial charge < -0.3 is 10.1 Å².